The van der Waals surface area contributed by atoms with E-state index in [1.165, 1.54) is 0 Å². The molecule has 16 heavy (non-hydrogen) atoms. The van der Waals surface area contributed by atoms with Crippen molar-refractivity contribution in [1.82, 2.24) is 4.90 Å². The van der Waals surface area contributed by atoms with Crippen LogP contribution in [-0.2, 0) is 9.47 Å². The second-order valence-electron chi connectivity index (χ2n) is 4.43. The van der Waals surface area contributed by atoms with Crippen molar-refractivity contribution in [3.8, 4) is 0 Å². The Kier molecular flexibility index (Phi) is 6.28. The lowest BCUT2D eigenvalue weighted by molar-refractivity contribution is -0.152. The van der Waals surface area contributed by atoms with Crippen molar-refractivity contribution in [3.63, 3.8) is 0 Å². The maximum atomic E-state index is 9.80. The Morgan fingerprint density at radius 3 is 2.44 bits per heavy atom. The molecule has 1 fully saturated rings. The average Bonchev–Trinajstić information content (AvgIpc) is 2.24. The van der Waals surface area contributed by atoms with Gasteiger partial charge in [0.1, 0.15) is 0 Å². The normalized spacial score (nSPS) is 27.6. The van der Waals surface area contributed by atoms with E-state index in [1.807, 2.05) is 13.8 Å². The summed E-state index contributed by atoms with van der Waals surface area (Å²) in [4.78, 5) is 2.22. The lowest BCUT2D eigenvalue weighted by Crippen LogP contribution is -2.46. The van der Waals surface area contributed by atoms with Crippen LogP contribution in [0.1, 0.15) is 27.2 Å². The Labute approximate surface area is 98.5 Å². The highest BCUT2D eigenvalue weighted by atomic mass is 16.7. The first-order valence-corrected chi connectivity index (χ1v) is 6.31. The first kappa shape index (κ1) is 13.9. The van der Waals surface area contributed by atoms with Gasteiger partial charge in [0.25, 0.3) is 0 Å². The SMILES string of the molecule is CCOC(CN1CC[C@@H](C)[C@H](O)C1)OCC. The molecule has 96 valence electrons. The van der Waals surface area contributed by atoms with Crippen molar-refractivity contribution in [2.24, 2.45) is 5.92 Å². The molecule has 1 saturated heterocycles. The van der Waals surface area contributed by atoms with Gasteiger partial charge in [-0.15, -0.1) is 0 Å². The zero-order chi connectivity index (χ0) is 12.0. The van der Waals surface area contributed by atoms with E-state index in [-0.39, 0.29) is 12.4 Å². The van der Waals surface area contributed by atoms with Crippen LogP contribution >= 0.6 is 0 Å². The minimum atomic E-state index is -0.211. The number of aliphatic hydroxyl groups is 1. The molecular formula is C12H25NO3. The average molecular weight is 231 g/mol. The molecular weight excluding hydrogens is 206 g/mol. The molecule has 0 aliphatic carbocycles. The largest absolute Gasteiger partial charge is 0.392 e. The molecule has 0 spiro atoms. The zero-order valence-electron chi connectivity index (χ0n) is 10.7. The molecule has 1 aliphatic heterocycles. The van der Waals surface area contributed by atoms with E-state index in [4.69, 9.17) is 9.47 Å². The fourth-order valence-electron chi connectivity index (χ4n) is 2.02. The standard InChI is InChI=1S/C12H25NO3/c1-4-15-12(16-5-2)9-13-7-6-10(3)11(14)8-13/h10-12,14H,4-9H2,1-3H3/t10-,11-/m1/s1. The minimum absolute atomic E-state index is 0.157. The molecule has 0 radical (unpaired) electrons. The Morgan fingerprint density at radius 2 is 1.94 bits per heavy atom. The first-order valence-electron chi connectivity index (χ1n) is 6.31. The van der Waals surface area contributed by atoms with Gasteiger partial charge >= 0.3 is 0 Å². The third-order valence-electron chi connectivity index (χ3n) is 3.12. The smallest absolute Gasteiger partial charge is 0.170 e. The number of nitrogens with zero attached hydrogens (tertiary/aromatic N) is 1. The predicted octanol–water partition coefficient (Wildman–Crippen LogP) is 1.09. The summed E-state index contributed by atoms with van der Waals surface area (Å²) in [5.74, 6) is 0.411. The summed E-state index contributed by atoms with van der Waals surface area (Å²) in [5, 5.41) is 9.80. The van der Waals surface area contributed by atoms with Gasteiger partial charge in [0, 0.05) is 26.3 Å². The van der Waals surface area contributed by atoms with Gasteiger partial charge in [0.15, 0.2) is 6.29 Å². The van der Waals surface area contributed by atoms with E-state index in [2.05, 4.69) is 11.8 Å². The van der Waals surface area contributed by atoms with Gasteiger partial charge in [-0.2, -0.15) is 0 Å². The van der Waals surface area contributed by atoms with Crippen molar-refractivity contribution >= 4 is 0 Å². The lowest BCUT2D eigenvalue weighted by Gasteiger charge is -2.35. The van der Waals surface area contributed by atoms with Crippen LogP contribution in [0.5, 0.6) is 0 Å². The van der Waals surface area contributed by atoms with Gasteiger partial charge in [-0.1, -0.05) is 6.92 Å². The highest BCUT2D eigenvalue weighted by Crippen LogP contribution is 2.17. The van der Waals surface area contributed by atoms with Gasteiger partial charge in [-0.3, -0.25) is 4.90 Å². The van der Waals surface area contributed by atoms with Crippen LogP contribution in [0.3, 0.4) is 0 Å². The molecule has 1 rings (SSSR count). The molecule has 0 aromatic carbocycles. The maximum Gasteiger partial charge on any atom is 0.170 e. The molecule has 4 heteroatoms. The monoisotopic (exact) mass is 231 g/mol. The van der Waals surface area contributed by atoms with Gasteiger partial charge in [-0.25, -0.2) is 0 Å². The van der Waals surface area contributed by atoms with E-state index in [9.17, 15) is 5.11 Å². The molecule has 0 aromatic heterocycles. The highest BCUT2D eigenvalue weighted by molar-refractivity contribution is 4.77. The molecule has 0 unspecified atom stereocenters. The van der Waals surface area contributed by atoms with Gasteiger partial charge in [0.2, 0.25) is 0 Å². The van der Waals surface area contributed by atoms with Crippen LogP contribution in [-0.4, -0.2) is 55.2 Å². The van der Waals surface area contributed by atoms with Crippen LogP contribution in [0.2, 0.25) is 0 Å². The van der Waals surface area contributed by atoms with E-state index < -0.39 is 0 Å². The van der Waals surface area contributed by atoms with Gasteiger partial charge in [0.05, 0.1) is 6.10 Å². The second-order valence-corrected chi connectivity index (χ2v) is 4.43. The Hall–Kier alpha value is -0.160. The molecule has 2 atom stereocenters. The summed E-state index contributed by atoms with van der Waals surface area (Å²) in [6.07, 6.45) is 0.680. The van der Waals surface area contributed by atoms with Crippen molar-refractivity contribution < 1.29 is 14.6 Å². The summed E-state index contributed by atoms with van der Waals surface area (Å²) >= 11 is 0. The van der Waals surface area contributed by atoms with Crippen LogP contribution in [0.25, 0.3) is 0 Å². The van der Waals surface area contributed by atoms with Crippen molar-refractivity contribution in [2.75, 3.05) is 32.8 Å². The summed E-state index contributed by atoms with van der Waals surface area (Å²) in [6.45, 7) is 9.88. The number of ether oxygens (including phenoxy) is 2. The third kappa shape index (κ3) is 4.37. The zero-order valence-corrected chi connectivity index (χ0v) is 10.7. The summed E-state index contributed by atoms with van der Waals surface area (Å²) in [6, 6.07) is 0. The van der Waals surface area contributed by atoms with E-state index >= 15 is 0 Å². The molecule has 0 amide bonds. The topological polar surface area (TPSA) is 41.9 Å². The summed E-state index contributed by atoms with van der Waals surface area (Å²) in [5.41, 5.74) is 0. The number of aliphatic hydroxyl groups excluding tert-OH is 1. The minimum Gasteiger partial charge on any atom is -0.392 e. The Morgan fingerprint density at radius 1 is 1.31 bits per heavy atom. The second kappa shape index (κ2) is 7.22. The summed E-state index contributed by atoms with van der Waals surface area (Å²) < 4.78 is 11.0. The van der Waals surface area contributed by atoms with Gasteiger partial charge in [-0.05, 0) is 32.7 Å². The van der Waals surface area contributed by atoms with Crippen LogP contribution in [0.15, 0.2) is 0 Å². The van der Waals surface area contributed by atoms with Crippen LogP contribution in [0, 0.1) is 5.92 Å². The Balaban J connectivity index is 2.33. The number of hydrogen-bond acceptors (Lipinski definition) is 4. The van der Waals surface area contributed by atoms with Crippen molar-refractivity contribution in [2.45, 2.75) is 39.6 Å². The number of hydrogen-bond donors (Lipinski definition) is 1. The molecule has 1 aliphatic rings. The lowest BCUT2D eigenvalue weighted by atomic mass is 9.96. The van der Waals surface area contributed by atoms with E-state index in [0.29, 0.717) is 19.1 Å². The molecule has 0 aromatic rings. The number of β-amino-alcohol motifs (C(OH)–C–C–N with tert-alkyl or cyclic N) is 1. The number of rotatable bonds is 6. The van der Waals surface area contributed by atoms with Crippen molar-refractivity contribution in [1.29, 1.82) is 0 Å². The maximum absolute atomic E-state index is 9.80. The van der Waals surface area contributed by atoms with Crippen LogP contribution in [0.4, 0.5) is 0 Å². The number of piperidine rings is 1. The van der Waals surface area contributed by atoms with E-state index in [1.54, 1.807) is 0 Å². The molecule has 0 saturated carbocycles. The predicted molar refractivity (Wildman–Crippen MR) is 63.3 cm³/mol. The first-order chi connectivity index (χ1) is 7.67. The van der Waals surface area contributed by atoms with Gasteiger partial charge < -0.3 is 14.6 Å². The fourth-order valence-corrected chi connectivity index (χ4v) is 2.02. The molecule has 1 heterocycles. The number of likely N-dealkylation sites (tertiary alicyclic amines) is 1. The fraction of sp³-hybridized carbons (Fsp3) is 1.00. The molecule has 0 bridgehead atoms. The van der Waals surface area contributed by atoms with Crippen LogP contribution < -0.4 is 0 Å². The summed E-state index contributed by atoms with van der Waals surface area (Å²) in [7, 11) is 0. The quantitative estimate of drug-likeness (QED) is 0.695. The van der Waals surface area contributed by atoms with Crippen molar-refractivity contribution in [3.05, 3.63) is 0 Å². The molecule has 4 nitrogen and oxygen atoms in total. The van der Waals surface area contributed by atoms with E-state index in [0.717, 1.165) is 26.1 Å². The Bertz CT molecular complexity index is 183. The third-order valence-corrected chi connectivity index (χ3v) is 3.12. The molecule has 1 N–H and O–H groups in total. The highest BCUT2D eigenvalue weighted by Gasteiger charge is 2.26.